The van der Waals surface area contributed by atoms with E-state index in [1.807, 2.05) is 13.8 Å². The van der Waals surface area contributed by atoms with Crippen molar-refractivity contribution in [1.82, 2.24) is 36.0 Å². The summed E-state index contributed by atoms with van der Waals surface area (Å²) in [5.74, 6) is -11.5. The predicted molar refractivity (Wildman–Crippen MR) is 298 cm³/mol. The number of benzene rings is 1. The van der Waals surface area contributed by atoms with Crippen LogP contribution in [0.4, 0.5) is 0 Å². The average Bonchev–Trinajstić information content (AvgIpc) is 4.00. The molecular formula is C57H91N9O15. The highest BCUT2D eigenvalue weighted by Crippen LogP contribution is 2.26. The molecule has 0 unspecified atom stereocenters. The van der Waals surface area contributed by atoms with Crippen molar-refractivity contribution in [2.45, 2.75) is 201 Å². The highest BCUT2D eigenvalue weighted by Gasteiger charge is 2.45. The maximum Gasteiger partial charge on any atom is 0.329 e. The van der Waals surface area contributed by atoms with Gasteiger partial charge in [-0.1, -0.05) is 73.9 Å². The van der Waals surface area contributed by atoms with E-state index in [2.05, 4.69) is 21.3 Å². The number of fused-ring (bicyclic) bond motifs is 1. The van der Waals surface area contributed by atoms with Crippen LogP contribution in [-0.4, -0.2) is 179 Å². The molecule has 0 radical (unpaired) electrons. The molecule has 24 nitrogen and oxygen atoms in total. The fourth-order valence-electron chi connectivity index (χ4n) is 9.87. The van der Waals surface area contributed by atoms with Gasteiger partial charge in [0.2, 0.25) is 47.3 Å². The number of nitrogens with zero attached hydrogens (tertiary/aromatic N) is 3. The zero-order valence-electron chi connectivity index (χ0n) is 49.8. The summed E-state index contributed by atoms with van der Waals surface area (Å²) >= 11 is 0. The number of aliphatic hydroxyl groups excluding tert-OH is 1. The number of esters is 2. The van der Waals surface area contributed by atoms with Crippen molar-refractivity contribution in [2.24, 2.45) is 41.1 Å². The van der Waals surface area contributed by atoms with Gasteiger partial charge in [0.1, 0.15) is 48.1 Å². The topological polar surface area (TPSA) is 346 Å². The van der Waals surface area contributed by atoms with Crippen molar-refractivity contribution in [1.29, 1.82) is 0 Å². The molecule has 0 aromatic heterocycles. The average molecular weight is 1140 g/mol. The SMILES string of the molecule is CC[C@H](C)[C@H]1NC(=O)[C@@H](NC(=O)[C@@H](CC(C)C)N(C)C(=O)[C@H](C)NC(=O)[C@@H](N)CCC(N)=O)[C@@H](C)OC(=O)[C@H](Cc2ccc(OC)cc2)N(C)C(=O)[C@@H]2CCCN2C(=O)[C@H](CC(C)C)NC(=O)[C@@H](C)C(=O)[C@H](C(C)C)OC(=O)C[C@@H]1O. The molecule has 9 N–H and O–H groups in total. The number of nitrogens with two attached hydrogens (primary N) is 2. The molecule has 2 aliphatic rings. The van der Waals surface area contributed by atoms with Gasteiger partial charge in [0, 0.05) is 33.5 Å². The molecule has 81 heavy (non-hydrogen) atoms. The first kappa shape index (κ1) is 68.6. The fourth-order valence-corrected chi connectivity index (χ4v) is 9.87. The smallest absolute Gasteiger partial charge is 0.329 e. The second-order valence-corrected chi connectivity index (χ2v) is 22.9. The van der Waals surface area contributed by atoms with Crippen LogP contribution in [0.15, 0.2) is 24.3 Å². The van der Waals surface area contributed by atoms with Crippen LogP contribution in [-0.2, 0) is 68.6 Å². The van der Waals surface area contributed by atoms with Crippen LogP contribution in [0.5, 0.6) is 5.75 Å². The number of rotatable bonds is 19. The minimum absolute atomic E-state index is 0.0182. The Balaban J connectivity index is 2.26. The first-order valence-electron chi connectivity index (χ1n) is 28.2. The van der Waals surface area contributed by atoms with E-state index in [0.29, 0.717) is 24.2 Å². The van der Waals surface area contributed by atoms with E-state index in [1.54, 1.807) is 65.8 Å². The third-order valence-corrected chi connectivity index (χ3v) is 15.1. The molecule has 0 bridgehead atoms. The minimum Gasteiger partial charge on any atom is -0.497 e. The number of hydrogen-bond acceptors (Lipinski definition) is 16. The summed E-state index contributed by atoms with van der Waals surface area (Å²) in [5, 5.41) is 22.5. The molecule has 0 aliphatic carbocycles. The number of hydrogen-bond donors (Lipinski definition) is 7. The molecule has 0 spiro atoms. The molecular weight excluding hydrogens is 1050 g/mol. The zero-order valence-corrected chi connectivity index (χ0v) is 49.8. The van der Waals surface area contributed by atoms with Crippen LogP contribution < -0.4 is 37.5 Å². The first-order valence-corrected chi connectivity index (χ1v) is 28.2. The number of ether oxygens (including phenoxy) is 3. The number of primary amides is 1. The van der Waals surface area contributed by atoms with Crippen LogP contribution >= 0.6 is 0 Å². The van der Waals surface area contributed by atoms with Gasteiger partial charge in [-0.25, -0.2) is 4.79 Å². The van der Waals surface area contributed by atoms with Crippen molar-refractivity contribution >= 4 is 65.0 Å². The molecule has 1 aromatic carbocycles. The molecule has 3 rings (SSSR count). The number of methoxy groups -OCH3 is 1. The summed E-state index contributed by atoms with van der Waals surface area (Å²) in [7, 11) is 4.19. The Morgan fingerprint density at radius 2 is 1.52 bits per heavy atom. The summed E-state index contributed by atoms with van der Waals surface area (Å²) < 4.78 is 17.2. The first-order chi connectivity index (χ1) is 37.8. The third kappa shape index (κ3) is 19.5. The maximum absolute atomic E-state index is 15.0. The normalized spacial score (nSPS) is 25.7. The predicted octanol–water partition coefficient (Wildman–Crippen LogP) is 1.04. The summed E-state index contributed by atoms with van der Waals surface area (Å²) in [6.07, 6.45) is -4.84. The molecule has 2 aliphatic heterocycles. The van der Waals surface area contributed by atoms with E-state index in [9.17, 15) is 57.8 Å². The summed E-state index contributed by atoms with van der Waals surface area (Å²) in [4.78, 5) is 158. The van der Waals surface area contributed by atoms with Crippen LogP contribution in [0.25, 0.3) is 0 Å². The Hall–Kier alpha value is -6.69. The Kier molecular flexibility index (Phi) is 26.7. The van der Waals surface area contributed by atoms with Gasteiger partial charge in [-0.05, 0) is 94.2 Å². The Bertz CT molecular complexity index is 2380. The molecule has 2 heterocycles. The van der Waals surface area contributed by atoms with Crippen molar-refractivity contribution in [3.63, 3.8) is 0 Å². The Labute approximate surface area is 476 Å². The molecule has 2 saturated heterocycles. The lowest BCUT2D eigenvalue weighted by Crippen LogP contribution is -2.62. The Morgan fingerprint density at radius 3 is 2.07 bits per heavy atom. The van der Waals surface area contributed by atoms with Gasteiger partial charge in [0.05, 0.1) is 37.6 Å². The van der Waals surface area contributed by atoms with Gasteiger partial charge in [-0.15, -0.1) is 0 Å². The van der Waals surface area contributed by atoms with Gasteiger partial charge in [0.25, 0.3) is 0 Å². The second kappa shape index (κ2) is 31.5. The maximum atomic E-state index is 15.0. The largest absolute Gasteiger partial charge is 0.497 e. The number of cyclic esters (lactones) is 2. The number of aliphatic hydroxyl groups is 1. The number of amides is 8. The van der Waals surface area contributed by atoms with E-state index >= 15 is 0 Å². The molecule has 24 heteroatoms. The lowest BCUT2D eigenvalue weighted by atomic mass is 9.91. The molecule has 454 valence electrons. The molecule has 1 aromatic rings. The quantitative estimate of drug-likeness (QED) is 0.0752. The number of carbonyl (C=O) groups is 11. The van der Waals surface area contributed by atoms with Crippen LogP contribution in [0, 0.1) is 29.6 Å². The van der Waals surface area contributed by atoms with E-state index < -0.39 is 156 Å². The van der Waals surface area contributed by atoms with Gasteiger partial charge in [-0.2, -0.15) is 0 Å². The van der Waals surface area contributed by atoms with E-state index in [0.717, 1.165) is 9.80 Å². The van der Waals surface area contributed by atoms with Gasteiger partial charge < -0.3 is 66.8 Å². The highest BCUT2D eigenvalue weighted by molar-refractivity contribution is 6.05. The summed E-state index contributed by atoms with van der Waals surface area (Å²) in [6.45, 7) is 18.1. The van der Waals surface area contributed by atoms with Crippen molar-refractivity contribution in [2.75, 3.05) is 27.7 Å². The fraction of sp³-hybridized carbons (Fsp3) is 0.702. The number of Topliss-reactive ketones (excluding diaryl/α,β-unsaturated/α-hetero) is 1. The van der Waals surface area contributed by atoms with E-state index in [4.69, 9.17) is 25.7 Å². The Morgan fingerprint density at radius 1 is 0.889 bits per heavy atom. The lowest BCUT2D eigenvalue weighted by Gasteiger charge is -2.36. The van der Waals surface area contributed by atoms with Crippen molar-refractivity contribution in [3.8, 4) is 5.75 Å². The van der Waals surface area contributed by atoms with Crippen LogP contribution in [0.3, 0.4) is 0 Å². The van der Waals surface area contributed by atoms with E-state index in [-0.39, 0.29) is 56.9 Å². The number of likely N-dealkylation sites (N-methyl/N-ethyl adjacent to an activating group) is 2. The monoisotopic (exact) mass is 1140 g/mol. The second-order valence-electron chi connectivity index (χ2n) is 22.9. The summed E-state index contributed by atoms with van der Waals surface area (Å²) in [5.41, 5.74) is 11.7. The van der Waals surface area contributed by atoms with Gasteiger partial charge >= 0.3 is 11.9 Å². The number of ketones is 1. The van der Waals surface area contributed by atoms with Gasteiger partial charge in [-0.3, -0.25) is 47.9 Å². The van der Waals surface area contributed by atoms with Crippen LogP contribution in [0.1, 0.15) is 133 Å². The van der Waals surface area contributed by atoms with Crippen LogP contribution in [0.2, 0.25) is 0 Å². The summed E-state index contributed by atoms with van der Waals surface area (Å²) in [6, 6.07) is -3.86. The molecule has 0 saturated carbocycles. The standard InChI is InChI=1S/C57H91N9O15/c1-15-32(8)46-43(67)28-45(69)81-49(31(6)7)48(70)33(9)50(71)61-39(25-29(2)3)55(76)66-24-16-17-40(66)56(77)65(13)42(27-36-18-20-37(79-14)21-19-36)57(78)80-35(11)47(53(74)62-46)63-52(73)41(26-30(4)5)64(12)54(75)34(10)60-51(72)38(58)22-23-44(59)68/h18-21,29-35,38-43,46-47,49,67H,15-17,22-28,58H2,1-14H3,(H2,59,68)(H,60,72)(H,61,71)(H,62,74)(H,63,73)/t32-,33-,34-,35+,38-,39-,40-,41+,42-,43-,46+,47-,49-/m0/s1. The van der Waals surface area contributed by atoms with Gasteiger partial charge in [0.15, 0.2) is 11.9 Å². The number of carbonyl (C=O) groups excluding carboxylic acids is 11. The van der Waals surface area contributed by atoms with Crippen molar-refractivity contribution < 1.29 is 72.1 Å². The molecule has 2 fully saturated rings. The molecule has 8 amide bonds. The highest BCUT2D eigenvalue weighted by atomic mass is 16.6. The van der Waals surface area contributed by atoms with Crippen molar-refractivity contribution in [3.05, 3.63) is 29.8 Å². The minimum atomic E-state index is -1.80. The molecule has 13 atom stereocenters. The number of nitrogens with one attached hydrogen (secondary N) is 4. The van der Waals surface area contributed by atoms with E-state index in [1.165, 1.54) is 46.9 Å². The third-order valence-electron chi connectivity index (χ3n) is 15.1. The lowest BCUT2D eigenvalue weighted by molar-refractivity contribution is -0.163. The zero-order chi connectivity index (χ0) is 61.3.